The lowest BCUT2D eigenvalue weighted by atomic mass is 10.0. The van der Waals surface area contributed by atoms with Crippen LogP contribution in [0.2, 0.25) is 5.22 Å². The van der Waals surface area contributed by atoms with Gasteiger partial charge in [-0.25, -0.2) is 4.79 Å². The molecule has 0 aliphatic carbocycles. The Morgan fingerprint density at radius 1 is 1.15 bits per heavy atom. The number of ether oxygens (including phenoxy) is 1. The largest absolute Gasteiger partial charge is 0.465 e. The lowest BCUT2D eigenvalue weighted by Gasteiger charge is -2.03. The average molecular weight is 287 g/mol. The summed E-state index contributed by atoms with van der Waals surface area (Å²) in [7, 11) is 1.36. The van der Waals surface area contributed by atoms with E-state index in [-0.39, 0.29) is 5.97 Å². The van der Waals surface area contributed by atoms with Crippen molar-refractivity contribution in [2.45, 2.75) is 0 Å². The highest BCUT2D eigenvalue weighted by molar-refractivity contribution is 6.33. The van der Waals surface area contributed by atoms with Crippen LogP contribution in [0.15, 0.2) is 52.9 Å². The molecule has 0 radical (unpaired) electrons. The molecule has 1 aromatic heterocycles. The number of carbonyl (C=O) groups excluding carboxylic acids is 1. The van der Waals surface area contributed by atoms with Gasteiger partial charge in [0.2, 0.25) is 5.22 Å². The zero-order chi connectivity index (χ0) is 14.1. The summed E-state index contributed by atoms with van der Waals surface area (Å²) in [6, 6.07) is 14.7. The fourth-order valence-electron chi connectivity index (χ4n) is 2.20. The maximum Gasteiger partial charge on any atom is 0.337 e. The van der Waals surface area contributed by atoms with Gasteiger partial charge in [0, 0.05) is 10.9 Å². The Morgan fingerprint density at radius 3 is 2.75 bits per heavy atom. The number of para-hydroxylation sites is 1. The van der Waals surface area contributed by atoms with Crippen LogP contribution < -0.4 is 0 Å². The van der Waals surface area contributed by atoms with Crippen molar-refractivity contribution in [2.75, 3.05) is 7.11 Å². The molecular weight excluding hydrogens is 276 g/mol. The van der Waals surface area contributed by atoms with Gasteiger partial charge in [-0.3, -0.25) is 0 Å². The molecule has 0 saturated heterocycles. The molecule has 3 nitrogen and oxygen atoms in total. The van der Waals surface area contributed by atoms with Crippen LogP contribution in [0.5, 0.6) is 0 Å². The van der Waals surface area contributed by atoms with E-state index in [1.807, 2.05) is 30.3 Å². The van der Waals surface area contributed by atoms with Gasteiger partial charge in [-0.15, -0.1) is 0 Å². The fraction of sp³-hybridized carbons (Fsp3) is 0.0625. The Kier molecular flexibility index (Phi) is 3.20. The average Bonchev–Trinajstić information content (AvgIpc) is 2.82. The van der Waals surface area contributed by atoms with Gasteiger partial charge in [0.25, 0.3) is 0 Å². The third-order valence-electron chi connectivity index (χ3n) is 3.12. The number of furan rings is 1. The second-order valence-electron chi connectivity index (χ2n) is 4.32. The summed E-state index contributed by atoms with van der Waals surface area (Å²) in [6.07, 6.45) is 0. The number of esters is 1. The van der Waals surface area contributed by atoms with Crippen LogP contribution >= 0.6 is 11.6 Å². The Morgan fingerprint density at radius 2 is 1.95 bits per heavy atom. The van der Waals surface area contributed by atoms with E-state index in [2.05, 4.69) is 0 Å². The third kappa shape index (κ3) is 2.06. The molecule has 1 heterocycles. The number of halogens is 1. The van der Waals surface area contributed by atoms with E-state index in [1.165, 1.54) is 7.11 Å². The third-order valence-corrected chi connectivity index (χ3v) is 3.39. The van der Waals surface area contributed by atoms with Gasteiger partial charge in [0.1, 0.15) is 5.58 Å². The smallest absolute Gasteiger partial charge is 0.337 e. The number of benzene rings is 2. The lowest BCUT2D eigenvalue weighted by Crippen LogP contribution is -2.00. The monoisotopic (exact) mass is 286 g/mol. The SMILES string of the molecule is COC(=O)c1cccc(-c2c(Cl)oc3ccccc23)c1. The lowest BCUT2D eigenvalue weighted by molar-refractivity contribution is 0.0601. The molecule has 0 aliphatic rings. The minimum Gasteiger partial charge on any atom is -0.465 e. The predicted molar refractivity (Wildman–Crippen MR) is 78.0 cm³/mol. The van der Waals surface area contributed by atoms with E-state index in [9.17, 15) is 4.79 Å². The van der Waals surface area contributed by atoms with E-state index in [0.717, 1.165) is 22.1 Å². The normalized spacial score (nSPS) is 10.7. The highest BCUT2D eigenvalue weighted by Gasteiger charge is 2.15. The second-order valence-corrected chi connectivity index (χ2v) is 4.66. The molecule has 2 aromatic carbocycles. The van der Waals surface area contributed by atoms with Gasteiger partial charge in [0.05, 0.1) is 12.7 Å². The second kappa shape index (κ2) is 5.02. The topological polar surface area (TPSA) is 39.4 Å². The molecule has 0 aliphatic heterocycles. The van der Waals surface area contributed by atoms with E-state index >= 15 is 0 Å². The molecule has 20 heavy (non-hydrogen) atoms. The Bertz CT molecular complexity index is 789. The number of rotatable bonds is 2. The van der Waals surface area contributed by atoms with Crippen molar-refractivity contribution in [1.82, 2.24) is 0 Å². The molecule has 0 saturated carbocycles. The minimum atomic E-state index is -0.379. The highest BCUT2D eigenvalue weighted by atomic mass is 35.5. The summed E-state index contributed by atoms with van der Waals surface area (Å²) in [5.41, 5.74) is 2.80. The van der Waals surface area contributed by atoms with Crippen LogP contribution in [-0.4, -0.2) is 13.1 Å². The number of carbonyl (C=O) groups is 1. The summed E-state index contributed by atoms with van der Waals surface area (Å²) in [4.78, 5) is 11.6. The molecule has 0 unspecified atom stereocenters. The van der Waals surface area contributed by atoms with E-state index in [4.69, 9.17) is 20.8 Å². The van der Waals surface area contributed by atoms with Gasteiger partial charge in [-0.05, 0) is 35.4 Å². The van der Waals surface area contributed by atoms with Gasteiger partial charge in [0.15, 0.2) is 0 Å². The first kappa shape index (κ1) is 12.8. The number of hydrogen-bond acceptors (Lipinski definition) is 3. The molecule has 0 bridgehead atoms. The Balaban J connectivity index is 2.21. The molecule has 0 atom stereocenters. The number of fused-ring (bicyclic) bond motifs is 1. The van der Waals surface area contributed by atoms with Crippen molar-refractivity contribution in [2.24, 2.45) is 0 Å². The molecule has 4 heteroatoms. The van der Waals surface area contributed by atoms with Gasteiger partial charge >= 0.3 is 5.97 Å². The zero-order valence-corrected chi connectivity index (χ0v) is 11.5. The van der Waals surface area contributed by atoms with E-state index in [1.54, 1.807) is 18.2 Å². The Labute approximate surface area is 120 Å². The molecular formula is C16H11ClO3. The fourth-order valence-corrected chi connectivity index (χ4v) is 2.50. The van der Waals surface area contributed by atoms with Crippen molar-refractivity contribution in [3.63, 3.8) is 0 Å². The van der Waals surface area contributed by atoms with Crippen LogP contribution in [0.1, 0.15) is 10.4 Å². The van der Waals surface area contributed by atoms with E-state index < -0.39 is 0 Å². The first-order valence-electron chi connectivity index (χ1n) is 6.06. The summed E-state index contributed by atoms with van der Waals surface area (Å²) in [5.74, 6) is -0.379. The maximum atomic E-state index is 11.6. The van der Waals surface area contributed by atoms with Crippen molar-refractivity contribution < 1.29 is 13.9 Å². The molecule has 3 aromatic rings. The standard InChI is InChI=1S/C16H11ClO3/c1-19-16(18)11-6-4-5-10(9-11)14-12-7-2-3-8-13(12)20-15(14)17/h2-9H,1H3. The van der Waals surface area contributed by atoms with Crippen molar-refractivity contribution in [3.05, 3.63) is 59.3 Å². The van der Waals surface area contributed by atoms with Crippen LogP contribution in [0.4, 0.5) is 0 Å². The van der Waals surface area contributed by atoms with Gasteiger partial charge in [-0.2, -0.15) is 0 Å². The van der Waals surface area contributed by atoms with Crippen LogP contribution in [0, 0.1) is 0 Å². The predicted octanol–water partition coefficient (Wildman–Crippen LogP) is 4.54. The molecule has 3 rings (SSSR count). The van der Waals surface area contributed by atoms with Crippen molar-refractivity contribution in [1.29, 1.82) is 0 Å². The van der Waals surface area contributed by atoms with Crippen LogP contribution in [0.3, 0.4) is 0 Å². The van der Waals surface area contributed by atoms with E-state index in [0.29, 0.717) is 10.8 Å². The first-order chi connectivity index (χ1) is 9.70. The van der Waals surface area contributed by atoms with Crippen molar-refractivity contribution >= 4 is 28.5 Å². The highest BCUT2D eigenvalue weighted by Crippen LogP contribution is 2.38. The summed E-state index contributed by atoms with van der Waals surface area (Å²) in [5, 5.41) is 1.23. The maximum absolute atomic E-state index is 11.6. The zero-order valence-electron chi connectivity index (χ0n) is 10.7. The van der Waals surface area contributed by atoms with Crippen LogP contribution in [0.25, 0.3) is 22.1 Å². The Hall–Kier alpha value is -2.26. The summed E-state index contributed by atoms with van der Waals surface area (Å²) >= 11 is 6.19. The van der Waals surface area contributed by atoms with Gasteiger partial charge < -0.3 is 9.15 Å². The molecule has 0 spiro atoms. The molecule has 0 N–H and O–H groups in total. The molecule has 100 valence electrons. The van der Waals surface area contributed by atoms with Crippen molar-refractivity contribution in [3.8, 4) is 11.1 Å². The minimum absolute atomic E-state index is 0.313. The summed E-state index contributed by atoms with van der Waals surface area (Å²) in [6.45, 7) is 0. The number of hydrogen-bond donors (Lipinski definition) is 0. The van der Waals surface area contributed by atoms with Gasteiger partial charge in [-0.1, -0.05) is 30.3 Å². The first-order valence-corrected chi connectivity index (χ1v) is 6.44. The van der Waals surface area contributed by atoms with Crippen LogP contribution in [-0.2, 0) is 4.74 Å². The molecule has 0 fully saturated rings. The molecule has 0 amide bonds. The summed E-state index contributed by atoms with van der Waals surface area (Å²) < 4.78 is 10.3. The number of methoxy groups -OCH3 is 1. The quantitative estimate of drug-likeness (QED) is 0.649.